The Balaban J connectivity index is 2.08. The van der Waals surface area contributed by atoms with Gasteiger partial charge in [0, 0.05) is 0 Å². The summed E-state index contributed by atoms with van der Waals surface area (Å²) in [5.74, 6) is -2.63. The highest BCUT2D eigenvalue weighted by atomic mass is 16.5. The van der Waals surface area contributed by atoms with Gasteiger partial charge >= 0.3 is 11.9 Å². The highest BCUT2D eigenvalue weighted by Crippen LogP contribution is 2.23. The number of hydrogen-bond donors (Lipinski definition) is 3. The fourth-order valence-corrected chi connectivity index (χ4v) is 2.12. The first-order chi connectivity index (χ1) is 12.4. The van der Waals surface area contributed by atoms with E-state index in [0.29, 0.717) is 18.0 Å². The van der Waals surface area contributed by atoms with E-state index in [0.717, 1.165) is 18.2 Å². The van der Waals surface area contributed by atoms with Crippen LogP contribution in [-0.2, 0) is 4.79 Å². The smallest absolute Gasteiger partial charge is 0.335 e. The number of ether oxygens (including phenoxy) is 2. The predicted octanol–water partition coefficient (Wildman–Crippen LogP) is 2.50. The number of carboxylic acids is 2. The molecule has 2 rings (SSSR count). The van der Waals surface area contributed by atoms with Gasteiger partial charge in [-0.15, -0.1) is 0 Å². The molecule has 0 saturated carbocycles. The summed E-state index contributed by atoms with van der Waals surface area (Å²) in [4.78, 5) is 34.2. The Morgan fingerprint density at radius 2 is 1.58 bits per heavy atom. The summed E-state index contributed by atoms with van der Waals surface area (Å²) in [5, 5.41) is 20.7. The second-order valence-corrected chi connectivity index (χ2v) is 5.12. The molecular formula is C18H17NO7. The lowest BCUT2D eigenvalue weighted by Crippen LogP contribution is -2.21. The molecule has 8 nitrogen and oxygen atoms in total. The molecule has 2 aromatic rings. The molecule has 2 aromatic carbocycles. The van der Waals surface area contributed by atoms with Gasteiger partial charge in [0.2, 0.25) is 0 Å². The maximum atomic E-state index is 12.1. The van der Waals surface area contributed by atoms with Crippen LogP contribution < -0.4 is 14.8 Å². The third kappa shape index (κ3) is 4.97. The van der Waals surface area contributed by atoms with E-state index in [2.05, 4.69) is 5.32 Å². The first kappa shape index (κ1) is 18.8. The highest BCUT2D eigenvalue weighted by Gasteiger charge is 2.14. The fourth-order valence-electron chi connectivity index (χ4n) is 2.12. The van der Waals surface area contributed by atoms with Gasteiger partial charge in [0.05, 0.1) is 23.4 Å². The van der Waals surface area contributed by atoms with E-state index in [-0.39, 0.29) is 16.9 Å². The number of carboxylic acid groups (broad SMARTS) is 2. The molecule has 0 aliphatic rings. The molecule has 0 bridgehead atoms. The normalized spacial score (nSPS) is 10.0. The minimum atomic E-state index is -1.30. The van der Waals surface area contributed by atoms with Gasteiger partial charge < -0.3 is 25.0 Å². The van der Waals surface area contributed by atoms with Crippen LogP contribution in [0.3, 0.4) is 0 Å². The molecule has 0 saturated heterocycles. The Morgan fingerprint density at radius 1 is 0.962 bits per heavy atom. The summed E-state index contributed by atoms with van der Waals surface area (Å²) in [6.45, 7) is 1.82. The van der Waals surface area contributed by atoms with Gasteiger partial charge in [0.15, 0.2) is 6.61 Å². The number of amides is 1. The molecular weight excluding hydrogens is 342 g/mol. The molecule has 0 aromatic heterocycles. The number of hydrogen-bond acceptors (Lipinski definition) is 5. The van der Waals surface area contributed by atoms with Crippen molar-refractivity contribution in [2.45, 2.75) is 6.92 Å². The van der Waals surface area contributed by atoms with Crippen LogP contribution in [0.15, 0.2) is 42.5 Å². The van der Waals surface area contributed by atoms with E-state index < -0.39 is 24.5 Å². The number of rotatable bonds is 8. The van der Waals surface area contributed by atoms with Gasteiger partial charge in [0.1, 0.15) is 11.5 Å². The Morgan fingerprint density at radius 3 is 2.15 bits per heavy atom. The monoisotopic (exact) mass is 359 g/mol. The second-order valence-electron chi connectivity index (χ2n) is 5.12. The summed E-state index contributed by atoms with van der Waals surface area (Å²) >= 11 is 0. The molecule has 136 valence electrons. The molecule has 0 aliphatic heterocycles. The Hall–Kier alpha value is -3.55. The minimum absolute atomic E-state index is 0.0319. The number of carbonyl (C=O) groups is 3. The summed E-state index contributed by atoms with van der Waals surface area (Å²) < 4.78 is 10.6. The van der Waals surface area contributed by atoms with Crippen molar-refractivity contribution in [3.05, 3.63) is 53.6 Å². The number of aromatic carboxylic acids is 2. The van der Waals surface area contributed by atoms with Crippen molar-refractivity contribution in [1.82, 2.24) is 0 Å². The SMILES string of the molecule is CCOc1ccccc1NC(=O)COc1cc(C(=O)O)cc(C(=O)O)c1. The van der Waals surface area contributed by atoms with Crippen LogP contribution in [0.5, 0.6) is 11.5 Å². The van der Waals surface area contributed by atoms with Crippen molar-refractivity contribution < 1.29 is 34.1 Å². The van der Waals surface area contributed by atoms with Crippen molar-refractivity contribution in [1.29, 1.82) is 0 Å². The zero-order valence-electron chi connectivity index (χ0n) is 13.9. The van der Waals surface area contributed by atoms with Crippen molar-refractivity contribution in [2.75, 3.05) is 18.5 Å². The van der Waals surface area contributed by atoms with E-state index in [1.165, 1.54) is 0 Å². The third-order valence-corrected chi connectivity index (χ3v) is 3.23. The highest BCUT2D eigenvalue weighted by molar-refractivity contribution is 5.95. The Bertz CT molecular complexity index is 800. The van der Waals surface area contributed by atoms with E-state index in [4.69, 9.17) is 19.7 Å². The van der Waals surface area contributed by atoms with Crippen molar-refractivity contribution in [2.24, 2.45) is 0 Å². The Labute approximate surface area is 149 Å². The first-order valence-corrected chi connectivity index (χ1v) is 7.67. The zero-order chi connectivity index (χ0) is 19.1. The topological polar surface area (TPSA) is 122 Å². The molecule has 26 heavy (non-hydrogen) atoms. The van der Waals surface area contributed by atoms with Gasteiger partial charge in [-0.3, -0.25) is 4.79 Å². The number of carbonyl (C=O) groups excluding carboxylic acids is 1. The lowest BCUT2D eigenvalue weighted by molar-refractivity contribution is -0.118. The summed E-state index contributed by atoms with van der Waals surface area (Å²) in [6.07, 6.45) is 0. The van der Waals surface area contributed by atoms with Crippen LogP contribution in [0.2, 0.25) is 0 Å². The first-order valence-electron chi connectivity index (χ1n) is 7.67. The molecule has 0 heterocycles. The van der Waals surface area contributed by atoms with Crippen LogP contribution >= 0.6 is 0 Å². The van der Waals surface area contributed by atoms with E-state index in [1.807, 2.05) is 6.92 Å². The van der Waals surface area contributed by atoms with Crippen molar-refractivity contribution in [3.8, 4) is 11.5 Å². The van der Waals surface area contributed by atoms with E-state index in [9.17, 15) is 14.4 Å². The molecule has 8 heteroatoms. The quantitative estimate of drug-likeness (QED) is 0.662. The minimum Gasteiger partial charge on any atom is -0.492 e. The maximum absolute atomic E-state index is 12.1. The van der Waals surface area contributed by atoms with Gasteiger partial charge in [0.25, 0.3) is 5.91 Å². The molecule has 0 atom stereocenters. The van der Waals surface area contributed by atoms with Crippen molar-refractivity contribution in [3.63, 3.8) is 0 Å². The lowest BCUT2D eigenvalue weighted by Gasteiger charge is -2.12. The molecule has 0 spiro atoms. The van der Waals surface area contributed by atoms with E-state index in [1.54, 1.807) is 24.3 Å². The number of benzene rings is 2. The van der Waals surface area contributed by atoms with Crippen LogP contribution in [-0.4, -0.2) is 41.3 Å². The average molecular weight is 359 g/mol. The average Bonchev–Trinajstić information content (AvgIpc) is 2.61. The standard InChI is InChI=1S/C18H17NO7/c1-2-25-15-6-4-3-5-14(15)19-16(20)10-26-13-8-11(17(21)22)7-12(9-13)18(23)24/h3-9H,2,10H2,1H3,(H,19,20)(H,21,22)(H,23,24). The van der Waals surface area contributed by atoms with Crippen LogP contribution in [0.1, 0.15) is 27.6 Å². The third-order valence-electron chi connectivity index (χ3n) is 3.23. The van der Waals surface area contributed by atoms with Crippen LogP contribution in [0.4, 0.5) is 5.69 Å². The fraction of sp³-hybridized carbons (Fsp3) is 0.167. The molecule has 0 fully saturated rings. The lowest BCUT2D eigenvalue weighted by atomic mass is 10.1. The number of para-hydroxylation sites is 2. The number of anilines is 1. The van der Waals surface area contributed by atoms with Gasteiger partial charge in [-0.25, -0.2) is 9.59 Å². The predicted molar refractivity (Wildman–Crippen MR) is 92.1 cm³/mol. The van der Waals surface area contributed by atoms with E-state index >= 15 is 0 Å². The van der Waals surface area contributed by atoms with Crippen molar-refractivity contribution >= 4 is 23.5 Å². The van der Waals surface area contributed by atoms with Crippen LogP contribution in [0, 0.1) is 0 Å². The number of nitrogens with one attached hydrogen (secondary N) is 1. The van der Waals surface area contributed by atoms with Gasteiger partial charge in [-0.2, -0.15) is 0 Å². The molecule has 3 N–H and O–H groups in total. The largest absolute Gasteiger partial charge is 0.492 e. The molecule has 1 amide bonds. The molecule has 0 radical (unpaired) electrons. The molecule has 0 aliphatic carbocycles. The summed E-state index contributed by atoms with van der Waals surface area (Å²) in [6, 6.07) is 10.2. The second kappa shape index (κ2) is 8.52. The summed E-state index contributed by atoms with van der Waals surface area (Å²) in [5.41, 5.74) is -0.0301. The summed E-state index contributed by atoms with van der Waals surface area (Å²) in [7, 11) is 0. The maximum Gasteiger partial charge on any atom is 0.335 e. The van der Waals surface area contributed by atoms with Crippen LogP contribution in [0.25, 0.3) is 0 Å². The molecule has 0 unspecified atom stereocenters. The zero-order valence-corrected chi connectivity index (χ0v) is 13.9. The van der Waals surface area contributed by atoms with Gasteiger partial charge in [-0.05, 0) is 37.3 Å². The van der Waals surface area contributed by atoms with Gasteiger partial charge in [-0.1, -0.05) is 12.1 Å². The Kier molecular flexibility index (Phi) is 6.15.